The van der Waals surface area contributed by atoms with Crippen LogP contribution in [-0.2, 0) is 0 Å². The van der Waals surface area contributed by atoms with Gasteiger partial charge in [0.2, 0.25) is 5.82 Å². The van der Waals surface area contributed by atoms with Crippen LogP contribution in [0.4, 0.5) is 5.69 Å². The Morgan fingerprint density at radius 1 is 1.10 bits per heavy atom. The van der Waals surface area contributed by atoms with Crippen LogP contribution in [0.15, 0.2) is 34.9 Å². The highest BCUT2D eigenvalue weighted by Crippen LogP contribution is 2.31. The molecule has 106 valence electrons. The fourth-order valence-corrected chi connectivity index (χ4v) is 2.31. The van der Waals surface area contributed by atoms with Gasteiger partial charge in [-0.2, -0.15) is 4.98 Å². The number of anilines is 1. The van der Waals surface area contributed by atoms with Crippen LogP contribution in [0.3, 0.4) is 0 Å². The minimum absolute atomic E-state index is 0.345. The number of nitrogen functional groups attached to an aromatic ring is 1. The lowest BCUT2D eigenvalue weighted by atomic mass is 10.1. The summed E-state index contributed by atoms with van der Waals surface area (Å²) in [6.07, 6.45) is 0. The van der Waals surface area contributed by atoms with Crippen molar-refractivity contribution in [1.82, 2.24) is 15.1 Å². The Labute approximate surface area is 126 Å². The third-order valence-electron chi connectivity index (χ3n) is 3.05. The molecule has 21 heavy (non-hydrogen) atoms. The molecule has 6 heteroatoms. The summed E-state index contributed by atoms with van der Waals surface area (Å²) in [5.41, 5.74) is 9.66. The molecule has 0 saturated carbocycles. The van der Waals surface area contributed by atoms with E-state index in [0.717, 1.165) is 17.0 Å². The number of nitrogens with zero attached hydrogens (tertiary/aromatic N) is 3. The normalized spacial score (nSPS) is 10.8. The van der Waals surface area contributed by atoms with Gasteiger partial charge in [0.25, 0.3) is 5.89 Å². The van der Waals surface area contributed by atoms with E-state index in [1.54, 1.807) is 18.2 Å². The van der Waals surface area contributed by atoms with Gasteiger partial charge in [0.15, 0.2) is 0 Å². The zero-order valence-electron chi connectivity index (χ0n) is 11.6. The maximum Gasteiger partial charge on any atom is 0.260 e. The zero-order chi connectivity index (χ0) is 15.0. The molecule has 0 radical (unpaired) electrons. The van der Waals surface area contributed by atoms with Crippen LogP contribution in [0.2, 0.25) is 5.02 Å². The average Bonchev–Trinajstić information content (AvgIpc) is 2.90. The van der Waals surface area contributed by atoms with Crippen molar-refractivity contribution in [2.24, 2.45) is 0 Å². The molecule has 5 nitrogen and oxygen atoms in total. The summed E-state index contributed by atoms with van der Waals surface area (Å²) in [5, 5.41) is 4.46. The summed E-state index contributed by atoms with van der Waals surface area (Å²) in [4.78, 5) is 8.72. The van der Waals surface area contributed by atoms with Crippen molar-refractivity contribution in [2.45, 2.75) is 13.8 Å². The monoisotopic (exact) mass is 300 g/mol. The van der Waals surface area contributed by atoms with Gasteiger partial charge in [-0.1, -0.05) is 22.8 Å². The first-order valence-electron chi connectivity index (χ1n) is 6.38. The van der Waals surface area contributed by atoms with Gasteiger partial charge in [0.1, 0.15) is 0 Å². The third-order valence-corrected chi connectivity index (χ3v) is 3.38. The lowest BCUT2D eigenvalue weighted by molar-refractivity contribution is 0.432. The van der Waals surface area contributed by atoms with E-state index in [0.29, 0.717) is 28.0 Å². The highest BCUT2D eigenvalue weighted by Gasteiger charge is 2.14. The predicted molar refractivity (Wildman–Crippen MR) is 81.9 cm³/mol. The lowest BCUT2D eigenvalue weighted by Gasteiger charge is -2.01. The zero-order valence-corrected chi connectivity index (χ0v) is 12.3. The van der Waals surface area contributed by atoms with Crippen molar-refractivity contribution >= 4 is 17.3 Å². The summed E-state index contributed by atoms with van der Waals surface area (Å²) < 4.78 is 5.30. The first kappa shape index (κ1) is 13.6. The van der Waals surface area contributed by atoms with Crippen LogP contribution >= 0.6 is 11.6 Å². The minimum Gasteiger partial charge on any atom is -0.397 e. The van der Waals surface area contributed by atoms with Crippen LogP contribution in [-0.4, -0.2) is 15.1 Å². The van der Waals surface area contributed by atoms with Gasteiger partial charge in [-0.3, -0.25) is 4.98 Å². The van der Waals surface area contributed by atoms with E-state index in [1.165, 1.54) is 0 Å². The molecule has 0 aliphatic carbocycles. The largest absolute Gasteiger partial charge is 0.397 e. The number of pyridine rings is 1. The molecule has 2 aromatic heterocycles. The highest BCUT2D eigenvalue weighted by molar-refractivity contribution is 6.33. The Bertz CT molecular complexity index is 793. The number of nitrogens with two attached hydrogens (primary N) is 1. The van der Waals surface area contributed by atoms with Crippen LogP contribution < -0.4 is 5.73 Å². The molecule has 0 spiro atoms. The van der Waals surface area contributed by atoms with E-state index in [1.807, 2.05) is 26.0 Å². The van der Waals surface area contributed by atoms with E-state index in [-0.39, 0.29) is 0 Å². The number of para-hydroxylation sites is 1. The summed E-state index contributed by atoms with van der Waals surface area (Å²) in [7, 11) is 0. The van der Waals surface area contributed by atoms with E-state index in [4.69, 9.17) is 21.9 Å². The SMILES string of the molecule is Cc1cc(-c2noc(-c3cccc(Cl)c3N)n2)cc(C)n1. The summed E-state index contributed by atoms with van der Waals surface area (Å²) in [6, 6.07) is 9.11. The van der Waals surface area contributed by atoms with Gasteiger partial charge in [-0.15, -0.1) is 0 Å². The molecule has 0 bridgehead atoms. The Morgan fingerprint density at radius 2 is 1.81 bits per heavy atom. The maximum atomic E-state index is 6.01. The molecule has 0 amide bonds. The number of aromatic nitrogens is 3. The summed E-state index contributed by atoms with van der Waals surface area (Å²) in [5.74, 6) is 0.843. The van der Waals surface area contributed by atoms with Crippen LogP contribution in [0, 0.1) is 13.8 Å². The van der Waals surface area contributed by atoms with Crippen molar-refractivity contribution in [3.63, 3.8) is 0 Å². The maximum absolute atomic E-state index is 6.01. The molecule has 0 aliphatic heterocycles. The fourth-order valence-electron chi connectivity index (χ4n) is 2.14. The standard InChI is InChI=1S/C15H13ClN4O/c1-8-6-10(7-9(2)18-8)14-19-15(21-20-14)11-4-3-5-12(16)13(11)17/h3-7H,17H2,1-2H3. The molecular formula is C15H13ClN4O. The fraction of sp³-hybridized carbons (Fsp3) is 0.133. The molecule has 2 N–H and O–H groups in total. The van der Waals surface area contributed by atoms with Crippen molar-refractivity contribution in [2.75, 3.05) is 5.73 Å². The Morgan fingerprint density at radius 3 is 2.52 bits per heavy atom. The predicted octanol–water partition coefficient (Wildman–Crippen LogP) is 3.65. The first-order valence-corrected chi connectivity index (χ1v) is 6.76. The molecule has 0 unspecified atom stereocenters. The van der Waals surface area contributed by atoms with Crippen LogP contribution in [0.1, 0.15) is 11.4 Å². The molecular weight excluding hydrogens is 288 g/mol. The van der Waals surface area contributed by atoms with E-state index < -0.39 is 0 Å². The minimum atomic E-state index is 0.345. The second kappa shape index (κ2) is 5.18. The van der Waals surface area contributed by atoms with Crippen LogP contribution in [0.5, 0.6) is 0 Å². The number of rotatable bonds is 2. The molecule has 0 aliphatic rings. The summed E-state index contributed by atoms with van der Waals surface area (Å²) in [6.45, 7) is 3.85. The number of hydrogen-bond donors (Lipinski definition) is 1. The quantitative estimate of drug-likeness (QED) is 0.731. The van der Waals surface area contributed by atoms with Gasteiger partial charge in [0.05, 0.1) is 16.3 Å². The Balaban J connectivity index is 2.06. The van der Waals surface area contributed by atoms with Gasteiger partial charge < -0.3 is 10.3 Å². The molecule has 0 saturated heterocycles. The molecule has 0 atom stereocenters. The molecule has 2 heterocycles. The molecule has 3 aromatic rings. The van der Waals surface area contributed by atoms with E-state index >= 15 is 0 Å². The Hall–Kier alpha value is -2.40. The van der Waals surface area contributed by atoms with E-state index in [9.17, 15) is 0 Å². The average molecular weight is 301 g/mol. The Kier molecular flexibility index (Phi) is 3.35. The van der Waals surface area contributed by atoms with Gasteiger partial charge >= 0.3 is 0 Å². The lowest BCUT2D eigenvalue weighted by Crippen LogP contribution is -1.92. The second-order valence-corrected chi connectivity index (χ2v) is 5.17. The van der Waals surface area contributed by atoms with E-state index in [2.05, 4.69) is 15.1 Å². The van der Waals surface area contributed by atoms with Gasteiger partial charge in [-0.05, 0) is 38.1 Å². The second-order valence-electron chi connectivity index (χ2n) is 4.76. The van der Waals surface area contributed by atoms with Gasteiger partial charge in [0, 0.05) is 17.0 Å². The topological polar surface area (TPSA) is 77.8 Å². The van der Waals surface area contributed by atoms with Crippen LogP contribution in [0.25, 0.3) is 22.8 Å². The highest BCUT2D eigenvalue weighted by atomic mass is 35.5. The van der Waals surface area contributed by atoms with Gasteiger partial charge in [-0.25, -0.2) is 0 Å². The number of aryl methyl sites for hydroxylation is 2. The molecule has 0 fully saturated rings. The van der Waals surface area contributed by atoms with Crippen molar-refractivity contribution < 1.29 is 4.52 Å². The number of halogens is 1. The van der Waals surface area contributed by atoms with Crippen molar-refractivity contribution in [1.29, 1.82) is 0 Å². The summed E-state index contributed by atoms with van der Waals surface area (Å²) >= 11 is 6.01. The number of hydrogen-bond acceptors (Lipinski definition) is 5. The first-order chi connectivity index (χ1) is 10.0. The van der Waals surface area contributed by atoms with Crippen molar-refractivity contribution in [3.05, 3.63) is 46.7 Å². The molecule has 1 aromatic carbocycles. The van der Waals surface area contributed by atoms with Crippen molar-refractivity contribution in [3.8, 4) is 22.8 Å². The molecule has 3 rings (SSSR count). The smallest absolute Gasteiger partial charge is 0.260 e. The number of benzene rings is 1. The third kappa shape index (κ3) is 2.60.